The molecular formula is C27H31NO9S3. The van der Waals surface area contributed by atoms with Gasteiger partial charge in [-0.1, -0.05) is 30.3 Å². The standard InChI is InChI=1S/C27H31NO9S3/c1-28-17-23(27(31)37-11-14-40(3,34)35)22(26(30)36-10-13-39(2,32)33)15-21(16-24(28)25-5-4-12-38-25)20-8-6-19(18-29)7-9-20/h4-9,12,15-17,24,29H,10-11,13-14,18H2,1-3H3. The van der Waals surface area contributed by atoms with Gasteiger partial charge in [0.1, 0.15) is 13.2 Å². The van der Waals surface area contributed by atoms with Crippen molar-refractivity contribution < 1.29 is 41.0 Å². The number of carbonyl (C=O) groups is 2. The van der Waals surface area contributed by atoms with Gasteiger partial charge in [-0.25, -0.2) is 26.4 Å². The molecule has 0 radical (unpaired) electrons. The van der Waals surface area contributed by atoms with E-state index in [1.54, 1.807) is 36.2 Å². The molecule has 1 aliphatic rings. The lowest BCUT2D eigenvalue weighted by atomic mass is 9.94. The van der Waals surface area contributed by atoms with E-state index in [1.165, 1.54) is 23.6 Å². The Balaban J connectivity index is 2.13. The van der Waals surface area contributed by atoms with Gasteiger partial charge in [-0.3, -0.25) is 0 Å². The molecule has 0 spiro atoms. The summed E-state index contributed by atoms with van der Waals surface area (Å²) in [5.74, 6) is -2.70. The number of hydrogen-bond acceptors (Lipinski definition) is 11. The Bertz CT molecular complexity index is 1520. The van der Waals surface area contributed by atoms with Crippen LogP contribution in [0.15, 0.2) is 71.3 Å². The average molecular weight is 610 g/mol. The quantitative estimate of drug-likeness (QED) is 0.377. The van der Waals surface area contributed by atoms with E-state index in [9.17, 15) is 31.5 Å². The number of likely N-dealkylation sites (N-methyl/N-ethyl adjacent to an activating group) is 1. The van der Waals surface area contributed by atoms with Crippen LogP contribution in [0, 0.1) is 0 Å². The molecule has 1 aromatic carbocycles. The number of allylic oxidation sites excluding steroid dienone is 2. The molecule has 13 heteroatoms. The summed E-state index contributed by atoms with van der Waals surface area (Å²) in [7, 11) is -5.12. The summed E-state index contributed by atoms with van der Waals surface area (Å²) in [4.78, 5) is 29.2. The molecule has 40 heavy (non-hydrogen) atoms. The first-order valence-electron chi connectivity index (χ1n) is 12.1. The number of carbonyl (C=O) groups excluding carboxylic acids is 2. The van der Waals surface area contributed by atoms with E-state index in [-0.39, 0.29) is 23.8 Å². The van der Waals surface area contributed by atoms with E-state index in [4.69, 9.17) is 9.47 Å². The van der Waals surface area contributed by atoms with Crippen molar-refractivity contribution in [3.8, 4) is 0 Å². The molecule has 0 amide bonds. The van der Waals surface area contributed by atoms with Crippen LogP contribution in [0.25, 0.3) is 5.57 Å². The van der Waals surface area contributed by atoms with Crippen LogP contribution in [-0.4, -0.2) is 83.1 Å². The third-order valence-corrected chi connectivity index (χ3v) is 8.58. The van der Waals surface area contributed by atoms with Gasteiger partial charge in [-0.15, -0.1) is 11.3 Å². The van der Waals surface area contributed by atoms with E-state index in [0.717, 1.165) is 17.4 Å². The van der Waals surface area contributed by atoms with Crippen molar-refractivity contribution in [2.24, 2.45) is 0 Å². The van der Waals surface area contributed by atoms with Crippen LogP contribution < -0.4 is 0 Å². The number of rotatable bonds is 11. The first-order valence-corrected chi connectivity index (χ1v) is 17.1. The number of ether oxygens (including phenoxy) is 2. The number of thiophene rings is 1. The van der Waals surface area contributed by atoms with Crippen molar-refractivity contribution in [1.29, 1.82) is 0 Å². The maximum absolute atomic E-state index is 13.3. The number of aliphatic hydroxyl groups is 1. The number of esters is 2. The van der Waals surface area contributed by atoms with Gasteiger partial charge in [0.15, 0.2) is 19.7 Å². The lowest BCUT2D eigenvalue weighted by Crippen LogP contribution is -2.26. The third kappa shape index (κ3) is 9.15. The second kappa shape index (κ2) is 13.4. The van der Waals surface area contributed by atoms with E-state index in [2.05, 4.69) is 0 Å². The monoisotopic (exact) mass is 609 g/mol. The summed E-state index contributed by atoms with van der Waals surface area (Å²) in [6, 6.07) is 10.5. The molecule has 0 saturated heterocycles. The molecule has 10 nitrogen and oxygen atoms in total. The van der Waals surface area contributed by atoms with Crippen LogP contribution in [0.5, 0.6) is 0 Å². The Morgan fingerprint density at radius 2 is 1.50 bits per heavy atom. The van der Waals surface area contributed by atoms with Crippen molar-refractivity contribution in [3.63, 3.8) is 0 Å². The second-order valence-corrected chi connectivity index (χ2v) is 14.7. The van der Waals surface area contributed by atoms with E-state index in [0.29, 0.717) is 16.7 Å². The maximum Gasteiger partial charge on any atom is 0.340 e. The smallest absolute Gasteiger partial charge is 0.340 e. The van der Waals surface area contributed by atoms with Crippen LogP contribution in [-0.2, 0) is 45.3 Å². The molecule has 2 aromatic rings. The molecule has 0 saturated carbocycles. The topological polar surface area (TPSA) is 144 Å². The Kier molecular flexibility index (Phi) is 10.5. The summed E-state index contributed by atoms with van der Waals surface area (Å²) in [6.07, 6.45) is 6.83. The van der Waals surface area contributed by atoms with Crippen molar-refractivity contribution in [2.75, 3.05) is 44.3 Å². The largest absolute Gasteiger partial charge is 0.461 e. The molecular weight excluding hydrogens is 578 g/mol. The number of nitrogens with zero attached hydrogens (tertiary/aromatic N) is 1. The highest BCUT2D eigenvalue weighted by molar-refractivity contribution is 7.90. The summed E-state index contributed by atoms with van der Waals surface area (Å²) >= 11 is 1.50. The zero-order valence-corrected chi connectivity index (χ0v) is 24.7. The molecule has 1 atom stereocenters. The fourth-order valence-electron chi connectivity index (χ4n) is 3.71. The van der Waals surface area contributed by atoms with Gasteiger partial charge >= 0.3 is 11.9 Å². The fourth-order valence-corrected chi connectivity index (χ4v) is 5.32. The van der Waals surface area contributed by atoms with Gasteiger partial charge in [-0.2, -0.15) is 0 Å². The molecule has 2 heterocycles. The molecule has 1 aromatic heterocycles. The van der Waals surface area contributed by atoms with Gasteiger partial charge in [0.05, 0.1) is 35.3 Å². The van der Waals surface area contributed by atoms with Crippen LogP contribution >= 0.6 is 11.3 Å². The minimum absolute atomic E-state index is 0.153. The predicted molar refractivity (Wildman–Crippen MR) is 153 cm³/mol. The van der Waals surface area contributed by atoms with Crippen molar-refractivity contribution in [3.05, 3.63) is 87.3 Å². The first-order chi connectivity index (χ1) is 18.8. The maximum atomic E-state index is 13.3. The van der Waals surface area contributed by atoms with Crippen LogP contribution in [0.4, 0.5) is 0 Å². The first kappa shape index (κ1) is 31.3. The fraction of sp³-hybridized carbons (Fsp3) is 0.333. The number of hydrogen-bond donors (Lipinski definition) is 1. The number of sulfone groups is 2. The van der Waals surface area contributed by atoms with E-state index in [1.807, 2.05) is 23.6 Å². The zero-order chi connectivity index (χ0) is 29.5. The molecule has 0 bridgehead atoms. The summed E-state index contributed by atoms with van der Waals surface area (Å²) in [6.45, 7) is -1.00. The second-order valence-electron chi connectivity index (χ2n) is 9.24. The Morgan fingerprint density at radius 3 is 2.00 bits per heavy atom. The van der Waals surface area contributed by atoms with Gasteiger partial charge in [0.25, 0.3) is 0 Å². The van der Waals surface area contributed by atoms with Crippen molar-refractivity contribution in [2.45, 2.75) is 12.6 Å². The molecule has 3 rings (SSSR count). The Morgan fingerprint density at radius 1 is 0.925 bits per heavy atom. The minimum atomic E-state index is -3.42. The van der Waals surface area contributed by atoms with Crippen molar-refractivity contribution in [1.82, 2.24) is 4.90 Å². The molecule has 0 aliphatic carbocycles. The normalized spacial score (nSPS) is 16.2. The van der Waals surface area contributed by atoms with Gasteiger partial charge in [-0.05, 0) is 40.3 Å². The number of benzene rings is 1. The average Bonchev–Trinajstić information content (AvgIpc) is 3.39. The molecule has 1 N–H and O–H groups in total. The zero-order valence-electron chi connectivity index (χ0n) is 22.3. The van der Waals surface area contributed by atoms with Crippen LogP contribution in [0.3, 0.4) is 0 Å². The molecule has 1 unspecified atom stereocenters. The van der Waals surface area contributed by atoms with Crippen molar-refractivity contribution >= 4 is 48.5 Å². The summed E-state index contributed by atoms with van der Waals surface area (Å²) in [5.41, 5.74) is 1.55. The summed E-state index contributed by atoms with van der Waals surface area (Å²) < 4.78 is 56.7. The summed E-state index contributed by atoms with van der Waals surface area (Å²) in [5, 5.41) is 11.4. The Labute approximate surface area is 238 Å². The van der Waals surface area contributed by atoms with E-state index >= 15 is 0 Å². The highest BCUT2D eigenvalue weighted by atomic mass is 32.2. The highest BCUT2D eigenvalue weighted by Gasteiger charge is 2.29. The van der Waals surface area contributed by atoms with E-state index < -0.39 is 56.3 Å². The van der Waals surface area contributed by atoms with Gasteiger partial charge in [0.2, 0.25) is 0 Å². The lowest BCUT2D eigenvalue weighted by Gasteiger charge is -2.27. The van der Waals surface area contributed by atoms with Gasteiger partial charge in [0, 0.05) is 30.6 Å². The third-order valence-electron chi connectivity index (χ3n) is 5.82. The molecule has 1 aliphatic heterocycles. The molecule has 0 fully saturated rings. The Hall–Kier alpha value is -3.26. The highest BCUT2D eigenvalue weighted by Crippen LogP contribution is 2.34. The molecule has 216 valence electrons. The number of aliphatic hydroxyl groups excluding tert-OH is 1. The SMILES string of the molecule is CN1C=C(C(=O)OCCS(C)(=O)=O)C(C(=O)OCCS(C)(=O)=O)=CC(c2ccc(CO)cc2)=CC1c1cccs1. The lowest BCUT2D eigenvalue weighted by molar-refractivity contribution is -0.142. The predicted octanol–water partition coefficient (Wildman–Crippen LogP) is 2.30. The minimum Gasteiger partial charge on any atom is -0.461 e. The van der Waals surface area contributed by atoms with Crippen LogP contribution in [0.2, 0.25) is 0 Å². The van der Waals surface area contributed by atoms with Crippen LogP contribution in [0.1, 0.15) is 22.0 Å². The van der Waals surface area contributed by atoms with Gasteiger partial charge < -0.3 is 19.5 Å².